The maximum atomic E-state index is 12.7. The van der Waals surface area contributed by atoms with Gasteiger partial charge in [-0.15, -0.1) is 0 Å². The summed E-state index contributed by atoms with van der Waals surface area (Å²) < 4.78 is 0. The van der Waals surface area contributed by atoms with Crippen molar-refractivity contribution in [2.24, 2.45) is 11.8 Å². The van der Waals surface area contributed by atoms with Crippen LogP contribution in [0.4, 0.5) is 0 Å². The summed E-state index contributed by atoms with van der Waals surface area (Å²) in [6.45, 7) is 10.0. The molecule has 3 saturated heterocycles. The minimum atomic E-state index is 0.395. The van der Waals surface area contributed by atoms with Crippen molar-refractivity contribution in [1.29, 1.82) is 0 Å². The van der Waals surface area contributed by atoms with E-state index >= 15 is 0 Å². The van der Waals surface area contributed by atoms with Gasteiger partial charge in [-0.25, -0.2) is 0 Å². The molecule has 0 aromatic heterocycles. The fraction of sp³-hybridized carbons (Fsp3) is 0.941. The highest BCUT2D eigenvalue weighted by atomic mass is 16.2. The Balaban J connectivity index is 1.54. The predicted molar refractivity (Wildman–Crippen MR) is 85.1 cm³/mol. The zero-order valence-corrected chi connectivity index (χ0v) is 13.7. The van der Waals surface area contributed by atoms with E-state index in [0.717, 1.165) is 38.5 Å². The van der Waals surface area contributed by atoms with Gasteiger partial charge < -0.3 is 10.2 Å². The highest BCUT2D eigenvalue weighted by Crippen LogP contribution is 2.28. The number of carbonyl (C=O) groups is 1. The standard InChI is InChI=1S/C17H31N3O/c1-13(15-5-7-18-8-6-15)10-17(21)20-12-16-4-3-9-19(16)11-14(20)2/h13-16,18H,3-12H2,1-2H3. The van der Waals surface area contributed by atoms with Crippen LogP contribution < -0.4 is 5.32 Å². The molecule has 0 aromatic carbocycles. The van der Waals surface area contributed by atoms with Crippen LogP contribution in [0.25, 0.3) is 0 Å². The van der Waals surface area contributed by atoms with Gasteiger partial charge >= 0.3 is 0 Å². The van der Waals surface area contributed by atoms with Crippen molar-refractivity contribution in [3.05, 3.63) is 0 Å². The maximum absolute atomic E-state index is 12.7. The number of rotatable bonds is 3. The lowest BCUT2D eigenvalue weighted by molar-refractivity contribution is -0.138. The Labute approximate surface area is 129 Å². The molecule has 3 atom stereocenters. The molecule has 1 N–H and O–H groups in total. The fourth-order valence-electron chi connectivity index (χ4n) is 4.51. The number of nitrogens with one attached hydrogen (secondary N) is 1. The molecule has 3 aliphatic rings. The molecule has 0 bridgehead atoms. The first-order valence-corrected chi connectivity index (χ1v) is 8.89. The van der Waals surface area contributed by atoms with Crippen molar-refractivity contribution >= 4 is 5.91 Å². The molecule has 3 unspecified atom stereocenters. The minimum Gasteiger partial charge on any atom is -0.337 e. The number of hydrogen-bond acceptors (Lipinski definition) is 3. The van der Waals surface area contributed by atoms with E-state index in [0.29, 0.717) is 23.9 Å². The van der Waals surface area contributed by atoms with Gasteiger partial charge in [-0.2, -0.15) is 0 Å². The van der Waals surface area contributed by atoms with E-state index in [9.17, 15) is 4.79 Å². The summed E-state index contributed by atoms with van der Waals surface area (Å²) >= 11 is 0. The summed E-state index contributed by atoms with van der Waals surface area (Å²) in [6.07, 6.45) is 5.81. The molecule has 0 saturated carbocycles. The third-order valence-corrected chi connectivity index (χ3v) is 5.94. The summed E-state index contributed by atoms with van der Waals surface area (Å²) in [6, 6.07) is 1.03. The van der Waals surface area contributed by atoms with Gasteiger partial charge in [-0.3, -0.25) is 9.69 Å². The van der Waals surface area contributed by atoms with Crippen molar-refractivity contribution in [3.8, 4) is 0 Å². The van der Waals surface area contributed by atoms with E-state index in [1.807, 2.05) is 0 Å². The highest BCUT2D eigenvalue weighted by molar-refractivity contribution is 5.77. The number of hydrogen-bond donors (Lipinski definition) is 1. The van der Waals surface area contributed by atoms with Crippen LogP contribution in [0.15, 0.2) is 0 Å². The van der Waals surface area contributed by atoms with Crippen molar-refractivity contribution in [2.75, 3.05) is 32.7 Å². The number of nitrogens with zero attached hydrogens (tertiary/aromatic N) is 2. The van der Waals surface area contributed by atoms with Gasteiger partial charge in [0.15, 0.2) is 0 Å². The Morgan fingerprint density at radius 1 is 1.24 bits per heavy atom. The second-order valence-electron chi connectivity index (χ2n) is 7.45. The van der Waals surface area contributed by atoms with Gasteiger partial charge in [0.2, 0.25) is 5.91 Å². The molecule has 0 radical (unpaired) electrons. The molecule has 3 fully saturated rings. The Bertz CT molecular complexity index is 367. The van der Waals surface area contributed by atoms with E-state index in [1.165, 1.54) is 32.2 Å². The number of carbonyl (C=O) groups excluding carboxylic acids is 1. The Kier molecular flexibility index (Phi) is 4.85. The van der Waals surface area contributed by atoms with E-state index in [1.54, 1.807) is 0 Å². The fourth-order valence-corrected chi connectivity index (χ4v) is 4.51. The van der Waals surface area contributed by atoms with Crippen molar-refractivity contribution in [1.82, 2.24) is 15.1 Å². The van der Waals surface area contributed by atoms with Crippen LogP contribution in [0.5, 0.6) is 0 Å². The second kappa shape index (κ2) is 6.66. The average molecular weight is 293 g/mol. The van der Waals surface area contributed by atoms with Gasteiger partial charge in [0.05, 0.1) is 0 Å². The monoisotopic (exact) mass is 293 g/mol. The van der Waals surface area contributed by atoms with Crippen LogP contribution in [-0.4, -0.2) is 60.5 Å². The van der Waals surface area contributed by atoms with Crippen LogP contribution >= 0.6 is 0 Å². The Morgan fingerprint density at radius 3 is 2.76 bits per heavy atom. The smallest absolute Gasteiger partial charge is 0.223 e. The third kappa shape index (κ3) is 3.42. The molecule has 3 rings (SSSR count). The molecule has 1 amide bonds. The number of piperazine rings is 1. The Hall–Kier alpha value is -0.610. The molecule has 120 valence electrons. The molecular weight excluding hydrogens is 262 g/mol. The summed E-state index contributed by atoms with van der Waals surface area (Å²) in [7, 11) is 0. The lowest BCUT2D eigenvalue weighted by atomic mass is 9.83. The summed E-state index contributed by atoms with van der Waals surface area (Å²) in [5.41, 5.74) is 0. The van der Waals surface area contributed by atoms with Gasteiger partial charge in [-0.1, -0.05) is 6.92 Å². The highest BCUT2D eigenvalue weighted by Gasteiger charge is 2.37. The van der Waals surface area contributed by atoms with Crippen molar-refractivity contribution in [3.63, 3.8) is 0 Å². The molecular formula is C17H31N3O. The van der Waals surface area contributed by atoms with E-state index in [-0.39, 0.29) is 0 Å². The van der Waals surface area contributed by atoms with Gasteiger partial charge in [0.25, 0.3) is 0 Å². The van der Waals surface area contributed by atoms with E-state index in [4.69, 9.17) is 0 Å². The first-order chi connectivity index (χ1) is 10.1. The molecule has 4 nitrogen and oxygen atoms in total. The van der Waals surface area contributed by atoms with Gasteiger partial charge in [0.1, 0.15) is 0 Å². The first kappa shape index (κ1) is 15.3. The molecule has 21 heavy (non-hydrogen) atoms. The minimum absolute atomic E-state index is 0.395. The van der Waals surface area contributed by atoms with Crippen LogP contribution in [0.1, 0.15) is 46.0 Å². The lowest BCUT2D eigenvalue weighted by Crippen LogP contribution is -2.57. The lowest BCUT2D eigenvalue weighted by Gasteiger charge is -2.43. The third-order valence-electron chi connectivity index (χ3n) is 5.94. The van der Waals surface area contributed by atoms with E-state index < -0.39 is 0 Å². The van der Waals surface area contributed by atoms with Gasteiger partial charge in [0, 0.05) is 31.6 Å². The molecule has 3 aliphatic heterocycles. The number of amides is 1. The van der Waals surface area contributed by atoms with Crippen LogP contribution in [0.3, 0.4) is 0 Å². The van der Waals surface area contributed by atoms with Crippen LogP contribution in [0.2, 0.25) is 0 Å². The normalized spacial score (nSPS) is 33.0. The quantitative estimate of drug-likeness (QED) is 0.860. The second-order valence-corrected chi connectivity index (χ2v) is 7.45. The first-order valence-electron chi connectivity index (χ1n) is 8.89. The average Bonchev–Trinajstić information content (AvgIpc) is 2.94. The molecule has 0 aliphatic carbocycles. The molecule has 0 aromatic rings. The van der Waals surface area contributed by atoms with Crippen molar-refractivity contribution in [2.45, 2.75) is 58.0 Å². The topological polar surface area (TPSA) is 35.6 Å². The molecule has 4 heteroatoms. The summed E-state index contributed by atoms with van der Waals surface area (Å²) in [4.78, 5) is 17.5. The molecule has 0 spiro atoms. The number of piperidine rings is 1. The molecule has 3 heterocycles. The zero-order valence-electron chi connectivity index (χ0n) is 13.7. The van der Waals surface area contributed by atoms with E-state index in [2.05, 4.69) is 29.0 Å². The number of fused-ring (bicyclic) bond motifs is 1. The summed E-state index contributed by atoms with van der Waals surface area (Å²) in [5.74, 6) is 1.67. The SMILES string of the molecule is CC(CC(=O)N1CC2CCCN2CC1C)C1CCNCC1. The van der Waals surface area contributed by atoms with Crippen LogP contribution in [-0.2, 0) is 4.79 Å². The Morgan fingerprint density at radius 2 is 2.00 bits per heavy atom. The van der Waals surface area contributed by atoms with Crippen LogP contribution in [0, 0.1) is 11.8 Å². The summed E-state index contributed by atoms with van der Waals surface area (Å²) in [5, 5.41) is 3.42. The van der Waals surface area contributed by atoms with Gasteiger partial charge in [-0.05, 0) is 64.1 Å². The zero-order chi connectivity index (χ0) is 14.8. The largest absolute Gasteiger partial charge is 0.337 e. The van der Waals surface area contributed by atoms with Crippen molar-refractivity contribution < 1.29 is 4.79 Å². The predicted octanol–water partition coefficient (Wildman–Crippen LogP) is 1.71. The maximum Gasteiger partial charge on any atom is 0.223 e.